The summed E-state index contributed by atoms with van der Waals surface area (Å²) in [7, 11) is 1.47. The minimum atomic E-state index is -0.509. The number of nitrogens with zero attached hydrogens (tertiary/aromatic N) is 3. The number of hydrogen-bond donors (Lipinski definition) is 1. The van der Waals surface area contributed by atoms with E-state index in [0.29, 0.717) is 21.8 Å². The van der Waals surface area contributed by atoms with Gasteiger partial charge in [-0.05, 0) is 30.4 Å². The Bertz CT molecular complexity index is 874. The van der Waals surface area contributed by atoms with Gasteiger partial charge in [0.05, 0.1) is 13.7 Å². The maximum Gasteiger partial charge on any atom is 0.242 e. The molecule has 0 aliphatic carbocycles. The summed E-state index contributed by atoms with van der Waals surface area (Å²) >= 11 is 5.20. The zero-order valence-electron chi connectivity index (χ0n) is 10.9. The van der Waals surface area contributed by atoms with E-state index in [-0.39, 0.29) is 12.1 Å². The zero-order valence-corrected chi connectivity index (χ0v) is 11.7. The van der Waals surface area contributed by atoms with Crippen LogP contribution in [0, 0.1) is 16.4 Å². The third kappa shape index (κ3) is 2.38. The average molecular weight is 308 g/mol. The van der Waals surface area contributed by atoms with Crippen molar-refractivity contribution in [2.24, 2.45) is 0 Å². The van der Waals surface area contributed by atoms with E-state index in [1.165, 1.54) is 13.4 Å². The van der Waals surface area contributed by atoms with Gasteiger partial charge in [0.1, 0.15) is 23.5 Å². The molecule has 0 bridgehead atoms. The van der Waals surface area contributed by atoms with Gasteiger partial charge in [0.2, 0.25) is 5.88 Å². The van der Waals surface area contributed by atoms with E-state index in [1.54, 1.807) is 4.57 Å². The molecule has 0 saturated heterocycles. The van der Waals surface area contributed by atoms with Gasteiger partial charge in [0.25, 0.3) is 0 Å². The van der Waals surface area contributed by atoms with Gasteiger partial charge in [0, 0.05) is 5.56 Å². The molecule has 0 unspecified atom stereocenters. The highest BCUT2D eigenvalue weighted by molar-refractivity contribution is 7.71. The largest absolute Gasteiger partial charge is 0.479 e. The van der Waals surface area contributed by atoms with Gasteiger partial charge in [0.15, 0.2) is 10.4 Å². The molecule has 0 saturated carbocycles. The molecule has 0 atom stereocenters. The lowest BCUT2D eigenvalue weighted by molar-refractivity contribution is 0.401. The zero-order chi connectivity index (χ0) is 15.0. The van der Waals surface area contributed by atoms with Crippen LogP contribution in [0.1, 0.15) is 5.56 Å². The Balaban J connectivity index is 2.15. The molecular formula is C13H10F2N4OS. The lowest BCUT2D eigenvalue weighted by Gasteiger charge is -2.06. The summed E-state index contributed by atoms with van der Waals surface area (Å²) in [6.07, 6.45) is 1.32. The second kappa shape index (κ2) is 5.21. The first-order valence-electron chi connectivity index (χ1n) is 6.01. The van der Waals surface area contributed by atoms with Crippen molar-refractivity contribution >= 4 is 23.4 Å². The highest BCUT2D eigenvalue weighted by Gasteiger charge is 2.13. The van der Waals surface area contributed by atoms with Crippen LogP contribution in [0.5, 0.6) is 5.88 Å². The number of benzene rings is 1. The molecular weight excluding hydrogens is 298 g/mol. The van der Waals surface area contributed by atoms with Crippen LogP contribution >= 0.6 is 12.2 Å². The van der Waals surface area contributed by atoms with Crippen LogP contribution in [-0.2, 0) is 6.54 Å². The summed E-state index contributed by atoms with van der Waals surface area (Å²) in [4.78, 5) is 11.0. The third-order valence-electron chi connectivity index (χ3n) is 3.05. The fraction of sp³-hybridized carbons (Fsp3) is 0.154. The molecule has 3 aromatic rings. The van der Waals surface area contributed by atoms with E-state index in [1.807, 2.05) is 0 Å². The molecule has 21 heavy (non-hydrogen) atoms. The minimum absolute atomic E-state index is 0.0581. The number of halogens is 2. The minimum Gasteiger partial charge on any atom is -0.479 e. The van der Waals surface area contributed by atoms with Crippen molar-refractivity contribution in [2.75, 3.05) is 7.11 Å². The van der Waals surface area contributed by atoms with Crippen LogP contribution in [0.15, 0.2) is 24.5 Å². The van der Waals surface area contributed by atoms with Gasteiger partial charge in [-0.2, -0.15) is 4.98 Å². The SMILES string of the molecule is COc1ncnc2c1[nH]c(=S)n2Cc1cc(F)ccc1F. The molecule has 5 nitrogen and oxygen atoms in total. The number of nitrogens with one attached hydrogen (secondary N) is 1. The van der Waals surface area contributed by atoms with Gasteiger partial charge < -0.3 is 9.72 Å². The maximum absolute atomic E-state index is 13.8. The average Bonchev–Trinajstić information content (AvgIpc) is 2.79. The van der Waals surface area contributed by atoms with Gasteiger partial charge in [-0.3, -0.25) is 4.57 Å². The predicted octanol–water partition coefficient (Wildman–Crippen LogP) is 2.82. The molecule has 3 rings (SSSR count). The molecule has 0 amide bonds. The first-order chi connectivity index (χ1) is 10.1. The van der Waals surface area contributed by atoms with Crippen molar-refractivity contribution in [3.8, 4) is 5.88 Å². The fourth-order valence-electron chi connectivity index (χ4n) is 2.08. The summed E-state index contributed by atoms with van der Waals surface area (Å²) in [5.41, 5.74) is 1.17. The van der Waals surface area contributed by atoms with E-state index in [4.69, 9.17) is 17.0 Å². The molecule has 2 aromatic heterocycles. The van der Waals surface area contributed by atoms with Gasteiger partial charge in [-0.1, -0.05) is 0 Å². The van der Waals surface area contributed by atoms with Crippen molar-refractivity contribution in [2.45, 2.75) is 6.54 Å². The number of ether oxygens (including phenoxy) is 1. The van der Waals surface area contributed by atoms with Crippen LogP contribution in [0.3, 0.4) is 0 Å². The Kier molecular flexibility index (Phi) is 3.38. The monoisotopic (exact) mass is 308 g/mol. The van der Waals surface area contributed by atoms with Gasteiger partial charge >= 0.3 is 0 Å². The summed E-state index contributed by atoms with van der Waals surface area (Å²) in [6.45, 7) is 0.0581. The Morgan fingerprint density at radius 1 is 1.33 bits per heavy atom. The fourth-order valence-corrected chi connectivity index (χ4v) is 2.33. The highest BCUT2D eigenvalue weighted by Crippen LogP contribution is 2.21. The van der Waals surface area contributed by atoms with Crippen molar-refractivity contribution in [3.63, 3.8) is 0 Å². The predicted molar refractivity (Wildman–Crippen MR) is 74.7 cm³/mol. The number of methoxy groups -OCH3 is 1. The molecule has 1 aromatic carbocycles. The molecule has 108 valence electrons. The van der Waals surface area contributed by atoms with Crippen molar-refractivity contribution in [1.82, 2.24) is 19.5 Å². The standard InChI is InChI=1S/C13H10F2N4OS/c1-20-12-10-11(16-6-17-12)19(13(21)18-10)5-7-4-8(14)2-3-9(7)15/h2-4,6H,5H2,1H3,(H,18,21). The molecule has 2 heterocycles. The van der Waals surface area contributed by atoms with Crippen LogP contribution in [0.2, 0.25) is 0 Å². The lowest BCUT2D eigenvalue weighted by atomic mass is 10.2. The molecule has 1 N–H and O–H groups in total. The van der Waals surface area contributed by atoms with Crippen molar-refractivity contribution < 1.29 is 13.5 Å². The van der Waals surface area contributed by atoms with E-state index >= 15 is 0 Å². The summed E-state index contributed by atoms with van der Waals surface area (Å²) < 4.78 is 34.0. The topological polar surface area (TPSA) is 55.7 Å². The molecule has 0 aliphatic rings. The lowest BCUT2D eigenvalue weighted by Crippen LogP contribution is -2.04. The number of fused-ring (bicyclic) bond motifs is 1. The first-order valence-corrected chi connectivity index (χ1v) is 6.42. The highest BCUT2D eigenvalue weighted by atomic mass is 32.1. The van der Waals surface area contributed by atoms with Crippen molar-refractivity contribution in [1.29, 1.82) is 0 Å². The number of aromatic nitrogens is 4. The smallest absolute Gasteiger partial charge is 0.242 e. The first kappa shape index (κ1) is 13.6. The quantitative estimate of drug-likeness (QED) is 0.756. The van der Waals surface area contributed by atoms with Crippen LogP contribution in [0.25, 0.3) is 11.2 Å². The van der Waals surface area contributed by atoms with Gasteiger partial charge in [-0.25, -0.2) is 13.8 Å². The molecule has 0 fully saturated rings. The van der Waals surface area contributed by atoms with Gasteiger partial charge in [-0.15, -0.1) is 0 Å². The second-order valence-electron chi connectivity index (χ2n) is 4.33. The Labute approximate surface area is 123 Å². The Hall–Kier alpha value is -2.35. The summed E-state index contributed by atoms with van der Waals surface area (Å²) in [5, 5.41) is 0. The molecule has 0 spiro atoms. The van der Waals surface area contributed by atoms with E-state index in [2.05, 4.69) is 15.0 Å². The van der Waals surface area contributed by atoms with E-state index < -0.39 is 11.6 Å². The van der Waals surface area contributed by atoms with Crippen LogP contribution in [-0.4, -0.2) is 26.6 Å². The Morgan fingerprint density at radius 2 is 2.14 bits per heavy atom. The number of hydrogen-bond acceptors (Lipinski definition) is 4. The molecule has 8 heteroatoms. The van der Waals surface area contributed by atoms with E-state index in [9.17, 15) is 8.78 Å². The third-order valence-corrected chi connectivity index (χ3v) is 3.38. The van der Waals surface area contributed by atoms with Crippen LogP contribution < -0.4 is 4.74 Å². The van der Waals surface area contributed by atoms with Crippen molar-refractivity contribution in [3.05, 3.63) is 46.5 Å². The molecule has 0 aliphatic heterocycles. The Morgan fingerprint density at radius 3 is 2.90 bits per heavy atom. The second-order valence-corrected chi connectivity index (χ2v) is 4.72. The number of H-pyrrole nitrogens is 1. The number of aromatic amines is 1. The molecule has 0 radical (unpaired) electrons. The summed E-state index contributed by atoms with van der Waals surface area (Å²) in [5.74, 6) is -0.678. The summed E-state index contributed by atoms with van der Waals surface area (Å²) in [6, 6.07) is 3.28. The maximum atomic E-state index is 13.8. The normalized spacial score (nSPS) is 11.0. The number of rotatable bonds is 3. The van der Waals surface area contributed by atoms with E-state index in [0.717, 1.165) is 18.2 Å². The number of imidazole rings is 1. The van der Waals surface area contributed by atoms with Crippen LogP contribution in [0.4, 0.5) is 8.78 Å².